The van der Waals surface area contributed by atoms with E-state index in [0.29, 0.717) is 35.7 Å². The van der Waals surface area contributed by atoms with Gasteiger partial charge in [-0.2, -0.15) is 4.31 Å². The van der Waals surface area contributed by atoms with Gasteiger partial charge < -0.3 is 10.0 Å². The summed E-state index contributed by atoms with van der Waals surface area (Å²) >= 11 is 2.46. The minimum Gasteiger partial charge on any atom is -0.481 e. The Kier molecular flexibility index (Phi) is 4.83. The number of hydrogen-bond acceptors (Lipinski definition) is 8. The van der Waals surface area contributed by atoms with Crippen molar-refractivity contribution in [3.63, 3.8) is 0 Å². The number of aliphatic carboxylic acids is 1. The topological polar surface area (TPSA) is 104 Å². The van der Waals surface area contributed by atoms with Crippen molar-refractivity contribution in [2.24, 2.45) is 0 Å². The second-order valence-electron chi connectivity index (χ2n) is 4.18. The van der Waals surface area contributed by atoms with Gasteiger partial charge in [-0.15, -0.1) is 10.2 Å². The highest BCUT2D eigenvalue weighted by Crippen LogP contribution is 2.28. The van der Waals surface area contributed by atoms with Crippen LogP contribution in [0.2, 0.25) is 0 Å². The molecule has 0 aliphatic carbocycles. The molecule has 0 saturated carbocycles. The van der Waals surface area contributed by atoms with E-state index in [0.717, 1.165) is 11.8 Å². The molecule has 1 aliphatic heterocycles. The highest BCUT2D eigenvalue weighted by molar-refractivity contribution is 8.01. The van der Waals surface area contributed by atoms with Gasteiger partial charge in [0, 0.05) is 26.2 Å². The van der Waals surface area contributed by atoms with E-state index in [-0.39, 0.29) is 5.75 Å². The fourth-order valence-electron chi connectivity index (χ4n) is 1.72. The van der Waals surface area contributed by atoms with Crippen LogP contribution in [0.15, 0.2) is 4.34 Å². The van der Waals surface area contributed by atoms with E-state index in [1.165, 1.54) is 21.9 Å². The van der Waals surface area contributed by atoms with Crippen LogP contribution in [0.25, 0.3) is 0 Å². The molecule has 8 nitrogen and oxygen atoms in total. The van der Waals surface area contributed by atoms with Gasteiger partial charge in [0.2, 0.25) is 15.2 Å². The van der Waals surface area contributed by atoms with E-state index in [2.05, 4.69) is 10.2 Å². The molecule has 11 heteroatoms. The third-order valence-corrected chi connectivity index (χ3v) is 6.10. The van der Waals surface area contributed by atoms with Crippen molar-refractivity contribution < 1.29 is 18.3 Å². The van der Waals surface area contributed by atoms with Gasteiger partial charge >= 0.3 is 5.97 Å². The molecule has 112 valence electrons. The SMILES string of the molecule is CS(=O)(=O)N1CCN(c2nnc(SCC(=O)O)s2)CC1. The molecule has 0 unspecified atom stereocenters. The van der Waals surface area contributed by atoms with Gasteiger partial charge in [0.15, 0.2) is 4.34 Å². The zero-order chi connectivity index (χ0) is 14.8. The van der Waals surface area contributed by atoms with Crippen molar-refractivity contribution in [1.29, 1.82) is 0 Å². The lowest BCUT2D eigenvalue weighted by Gasteiger charge is -2.32. The second kappa shape index (κ2) is 6.24. The first-order valence-corrected chi connectivity index (χ1v) is 9.39. The summed E-state index contributed by atoms with van der Waals surface area (Å²) in [6, 6.07) is 0. The average Bonchev–Trinajstić information content (AvgIpc) is 2.84. The van der Waals surface area contributed by atoms with Crippen LogP contribution in [0, 0.1) is 0 Å². The maximum Gasteiger partial charge on any atom is 0.313 e. The van der Waals surface area contributed by atoms with Gasteiger partial charge in [-0.05, 0) is 0 Å². The zero-order valence-corrected chi connectivity index (χ0v) is 13.2. The van der Waals surface area contributed by atoms with Crippen LogP contribution in [0.4, 0.5) is 5.13 Å². The number of thioether (sulfide) groups is 1. The van der Waals surface area contributed by atoms with Gasteiger partial charge in [-0.3, -0.25) is 4.79 Å². The van der Waals surface area contributed by atoms with Crippen LogP contribution >= 0.6 is 23.1 Å². The van der Waals surface area contributed by atoms with Crippen molar-refractivity contribution in [1.82, 2.24) is 14.5 Å². The van der Waals surface area contributed by atoms with E-state index in [1.807, 2.05) is 4.90 Å². The molecule has 1 aromatic heterocycles. The first-order valence-electron chi connectivity index (χ1n) is 5.74. The Balaban J connectivity index is 1.92. The fourth-order valence-corrected chi connectivity index (χ4v) is 4.16. The van der Waals surface area contributed by atoms with Crippen molar-refractivity contribution in [2.45, 2.75) is 4.34 Å². The van der Waals surface area contributed by atoms with Crippen molar-refractivity contribution in [3.05, 3.63) is 0 Å². The summed E-state index contributed by atoms with van der Waals surface area (Å²) < 4.78 is 24.9. The Morgan fingerprint density at radius 1 is 1.35 bits per heavy atom. The Hall–Kier alpha value is -0.910. The Morgan fingerprint density at radius 3 is 2.55 bits per heavy atom. The Labute approximate surface area is 124 Å². The minimum atomic E-state index is -3.14. The predicted molar refractivity (Wildman–Crippen MR) is 76.9 cm³/mol. The first-order chi connectivity index (χ1) is 9.36. The van der Waals surface area contributed by atoms with Gasteiger partial charge in [0.25, 0.3) is 0 Å². The van der Waals surface area contributed by atoms with Crippen LogP contribution in [0.3, 0.4) is 0 Å². The number of carbonyl (C=O) groups is 1. The number of carboxylic acid groups (broad SMARTS) is 1. The lowest BCUT2D eigenvalue weighted by molar-refractivity contribution is -0.133. The minimum absolute atomic E-state index is 0.0451. The summed E-state index contributed by atoms with van der Waals surface area (Å²) in [5, 5.41) is 17.2. The Morgan fingerprint density at radius 2 is 2.00 bits per heavy atom. The Bertz CT molecular complexity index is 580. The third kappa shape index (κ3) is 4.04. The predicted octanol–water partition coefficient (Wildman–Crippen LogP) is -0.204. The second-order valence-corrected chi connectivity index (χ2v) is 8.34. The molecule has 1 saturated heterocycles. The largest absolute Gasteiger partial charge is 0.481 e. The molecule has 0 bridgehead atoms. The van der Waals surface area contributed by atoms with E-state index >= 15 is 0 Å². The fraction of sp³-hybridized carbons (Fsp3) is 0.667. The number of rotatable bonds is 5. The number of anilines is 1. The van der Waals surface area contributed by atoms with Crippen LogP contribution in [0.5, 0.6) is 0 Å². The molecule has 0 spiro atoms. The summed E-state index contributed by atoms with van der Waals surface area (Å²) in [4.78, 5) is 12.4. The molecule has 1 fully saturated rings. The van der Waals surface area contributed by atoms with Crippen LogP contribution in [-0.2, 0) is 14.8 Å². The molecular formula is C9H14N4O4S3. The number of nitrogens with zero attached hydrogens (tertiary/aromatic N) is 4. The summed E-state index contributed by atoms with van der Waals surface area (Å²) in [6.07, 6.45) is 1.20. The van der Waals surface area contributed by atoms with Crippen molar-refractivity contribution in [2.75, 3.05) is 43.1 Å². The van der Waals surface area contributed by atoms with Gasteiger partial charge in [-0.25, -0.2) is 8.42 Å². The number of hydrogen-bond donors (Lipinski definition) is 1. The zero-order valence-electron chi connectivity index (χ0n) is 10.7. The van der Waals surface area contributed by atoms with E-state index in [9.17, 15) is 13.2 Å². The maximum atomic E-state index is 11.4. The quantitative estimate of drug-likeness (QED) is 0.736. The number of aromatic nitrogens is 2. The lowest BCUT2D eigenvalue weighted by atomic mass is 10.4. The first kappa shape index (κ1) is 15.5. The summed E-state index contributed by atoms with van der Waals surface area (Å²) in [5.74, 6) is -0.940. The van der Waals surface area contributed by atoms with Gasteiger partial charge in [-0.1, -0.05) is 23.1 Å². The van der Waals surface area contributed by atoms with Gasteiger partial charge in [0.05, 0.1) is 12.0 Å². The van der Waals surface area contributed by atoms with E-state index in [1.54, 1.807) is 0 Å². The molecule has 0 amide bonds. The molecule has 1 N–H and O–H groups in total. The van der Waals surface area contributed by atoms with Gasteiger partial charge in [0.1, 0.15) is 0 Å². The summed E-state index contributed by atoms with van der Waals surface area (Å²) in [7, 11) is -3.14. The molecule has 2 rings (SSSR count). The number of carboxylic acids is 1. The molecule has 1 aromatic rings. The standard InChI is InChI=1S/C9H14N4O4S3/c1-20(16,17)13-4-2-12(3-5-13)8-10-11-9(19-8)18-6-7(14)15/h2-6H2,1H3,(H,14,15). The molecule has 20 heavy (non-hydrogen) atoms. The average molecular weight is 338 g/mol. The lowest BCUT2D eigenvalue weighted by Crippen LogP contribution is -2.48. The summed E-state index contributed by atoms with van der Waals surface area (Å²) in [6.45, 7) is 1.97. The smallest absolute Gasteiger partial charge is 0.313 e. The highest BCUT2D eigenvalue weighted by atomic mass is 32.2. The molecule has 0 radical (unpaired) electrons. The summed E-state index contributed by atoms with van der Waals surface area (Å²) in [5.41, 5.74) is 0. The van der Waals surface area contributed by atoms with E-state index in [4.69, 9.17) is 5.11 Å². The molecule has 0 aromatic carbocycles. The molecule has 0 atom stereocenters. The van der Waals surface area contributed by atoms with Crippen LogP contribution in [-0.4, -0.2) is 72.2 Å². The number of sulfonamides is 1. The highest BCUT2D eigenvalue weighted by Gasteiger charge is 2.25. The number of piperazine rings is 1. The van der Waals surface area contributed by atoms with Crippen molar-refractivity contribution >= 4 is 44.2 Å². The third-order valence-electron chi connectivity index (χ3n) is 2.69. The normalized spacial score (nSPS) is 17.4. The van der Waals surface area contributed by atoms with Crippen LogP contribution < -0.4 is 4.90 Å². The maximum absolute atomic E-state index is 11.4. The molecule has 1 aliphatic rings. The van der Waals surface area contributed by atoms with Crippen molar-refractivity contribution in [3.8, 4) is 0 Å². The molecular weight excluding hydrogens is 324 g/mol. The molecule has 2 heterocycles. The van der Waals surface area contributed by atoms with E-state index < -0.39 is 16.0 Å². The monoisotopic (exact) mass is 338 g/mol. The van der Waals surface area contributed by atoms with Crippen LogP contribution in [0.1, 0.15) is 0 Å².